The summed E-state index contributed by atoms with van der Waals surface area (Å²) in [5.74, 6) is 0.432. The molecule has 0 heterocycles. The van der Waals surface area contributed by atoms with Gasteiger partial charge in [-0.2, -0.15) is 0 Å². The summed E-state index contributed by atoms with van der Waals surface area (Å²) in [6.45, 7) is 4.29. The van der Waals surface area contributed by atoms with Gasteiger partial charge in [0, 0.05) is 6.42 Å². The summed E-state index contributed by atoms with van der Waals surface area (Å²) in [6.07, 6.45) is 6.92. The monoisotopic (exact) mass is 178 g/mol. The van der Waals surface area contributed by atoms with Crippen LogP contribution in [0.15, 0.2) is 11.1 Å². The van der Waals surface area contributed by atoms with E-state index in [1.807, 2.05) is 0 Å². The molecule has 0 aliphatic heterocycles. The number of carbonyl (C=O) groups excluding carboxylic acids is 1. The molecular formula is C12H18O. The lowest BCUT2D eigenvalue weighted by molar-refractivity contribution is -0.116. The average molecular weight is 178 g/mol. The highest BCUT2D eigenvalue weighted by atomic mass is 16.1. The summed E-state index contributed by atoms with van der Waals surface area (Å²) in [5.41, 5.74) is 2.89. The van der Waals surface area contributed by atoms with Gasteiger partial charge >= 0.3 is 0 Å². The summed E-state index contributed by atoms with van der Waals surface area (Å²) in [7, 11) is 0. The Morgan fingerprint density at radius 3 is 2.38 bits per heavy atom. The van der Waals surface area contributed by atoms with Gasteiger partial charge in [0.25, 0.3) is 0 Å². The first kappa shape index (κ1) is 8.98. The van der Waals surface area contributed by atoms with E-state index in [1.54, 1.807) is 0 Å². The van der Waals surface area contributed by atoms with Gasteiger partial charge in [-0.1, -0.05) is 25.3 Å². The Morgan fingerprint density at radius 1 is 1.31 bits per heavy atom. The van der Waals surface area contributed by atoms with Gasteiger partial charge in [-0.3, -0.25) is 4.79 Å². The molecule has 0 aromatic heterocycles. The number of hydrogen-bond acceptors (Lipinski definition) is 1. The fraction of sp³-hybridized carbons (Fsp3) is 0.750. The molecule has 0 amide bonds. The highest BCUT2D eigenvalue weighted by Crippen LogP contribution is 2.52. The summed E-state index contributed by atoms with van der Waals surface area (Å²) in [4.78, 5) is 11.7. The van der Waals surface area contributed by atoms with E-state index in [2.05, 4.69) is 13.8 Å². The van der Waals surface area contributed by atoms with Crippen LogP contribution in [-0.2, 0) is 4.79 Å². The summed E-state index contributed by atoms with van der Waals surface area (Å²) in [5, 5.41) is 0. The number of hydrogen-bond donors (Lipinski definition) is 0. The number of ketones is 1. The lowest BCUT2D eigenvalue weighted by Crippen LogP contribution is -2.14. The molecule has 1 heteroatoms. The normalized spacial score (nSPS) is 26.5. The smallest absolute Gasteiger partial charge is 0.159 e. The Balaban J connectivity index is 2.35. The van der Waals surface area contributed by atoms with E-state index in [1.165, 1.54) is 31.3 Å². The van der Waals surface area contributed by atoms with E-state index in [4.69, 9.17) is 0 Å². The first-order valence-corrected chi connectivity index (χ1v) is 5.43. The van der Waals surface area contributed by atoms with Crippen LogP contribution in [0, 0.1) is 5.41 Å². The highest BCUT2D eigenvalue weighted by Gasteiger charge is 2.43. The van der Waals surface area contributed by atoms with Crippen LogP contribution in [0.3, 0.4) is 0 Å². The van der Waals surface area contributed by atoms with Crippen LogP contribution in [0.5, 0.6) is 0 Å². The Hall–Kier alpha value is -0.590. The Morgan fingerprint density at radius 2 is 1.92 bits per heavy atom. The van der Waals surface area contributed by atoms with E-state index in [-0.39, 0.29) is 0 Å². The minimum absolute atomic E-state index is 0.322. The van der Waals surface area contributed by atoms with Gasteiger partial charge in [-0.05, 0) is 37.2 Å². The van der Waals surface area contributed by atoms with Gasteiger partial charge in [-0.15, -0.1) is 0 Å². The van der Waals surface area contributed by atoms with Gasteiger partial charge in [0.1, 0.15) is 0 Å². The molecule has 0 unspecified atom stereocenters. The average Bonchev–Trinajstić information content (AvgIpc) is 2.62. The Labute approximate surface area is 80.2 Å². The van der Waals surface area contributed by atoms with Crippen molar-refractivity contribution in [1.29, 1.82) is 0 Å². The molecule has 0 N–H and O–H groups in total. The summed E-state index contributed by atoms with van der Waals surface area (Å²) >= 11 is 0. The van der Waals surface area contributed by atoms with Gasteiger partial charge in [0.05, 0.1) is 0 Å². The molecule has 0 saturated heterocycles. The maximum absolute atomic E-state index is 11.7. The van der Waals surface area contributed by atoms with Gasteiger partial charge in [0.15, 0.2) is 5.78 Å². The van der Waals surface area contributed by atoms with Crippen molar-refractivity contribution < 1.29 is 4.79 Å². The van der Waals surface area contributed by atoms with Crippen molar-refractivity contribution >= 4 is 5.78 Å². The Kier molecular flexibility index (Phi) is 2.05. The third-order valence-corrected chi connectivity index (χ3v) is 4.00. The molecule has 1 nitrogen and oxygen atoms in total. The van der Waals surface area contributed by atoms with Crippen molar-refractivity contribution in [2.75, 3.05) is 0 Å². The summed E-state index contributed by atoms with van der Waals surface area (Å²) < 4.78 is 0. The van der Waals surface area contributed by atoms with E-state index >= 15 is 0 Å². The molecule has 72 valence electrons. The lowest BCUT2D eigenvalue weighted by Gasteiger charge is -2.23. The van der Waals surface area contributed by atoms with Crippen LogP contribution in [0.4, 0.5) is 0 Å². The van der Waals surface area contributed by atoms with Crippen molar-refractivity contribution in [2.45, 2.75) is 52.4 Å². The topological polar surface area (TPSA) is 17.1 Å². The SMILES string of the molecule is CCC1=C(C)C2(CCCC2)CC1=O. The van der Waals surface area contributed by atoms with Crippen molar-refractivity contribution in [3.05, 3.63) is 11.1 Å². The standard InChI is InChI=1S/C12H18O/c1-3-10-9(2)12(8-11(10)13)6-4-5-7-12/h3-8H2,1-2H3. The number of rotatable bonds is 1. The van der Waals surface area contributed by atoms with E-state index in [0.717, 1.165) is 18.4 Å². The maximum Gasteiger partial charge on any atom is 0.159 e. The molecule has 0 aromatic carbocycles. The first-order chi connectivity index (χ1) is 6.19. The van der Waals surface area contributed by atoms with Gasteiger partial charge in [0.2, 0.25) is 0 Å². The zero-order valence-corrected chi connectivity index (χ0v) is 8.65. The third-order valence-electron chi connectivity index (χ3n) is 4.00. The molecule has 13 heavy (non-hydrogen) atoms. The highest BCUT2D eigenvalue weighted by molar-refractivity contribution is 5.99. The van der Waals surface area contributed by atoms with E-state index < -0.39 is 0 Å². The van der Waals surface area contributed by atoms with Gasteiger partial charge < -0.3 is 0 Å². The molecule has 0 bridgehead atoms. The fourth-order valence-electron chi connectivity index (χ4n) is 3.14. The van der Waals surface area contributed by atoms with Crippen LogP contribution in [-0.4, -0.2) is 5.78 Å². The van der Waals surface area contributed by atoms with Crippen molar-refractivity contribution in [1.82, 2.24) is 0 Å². The zero-order valence-electron chi connectivity index (χ0n) is 8.65. The quantitative estimate of drug-likeness (QED) is 0.602. The van der Waals surface area contributed by atoms with Crippen LogP contribution >= 0.6 is 0 Å². The lowest BCUT2D eigenvalue weighted by atomic mass is 9.80. The van der Waals surface area contributed by atoms with E-state index in [9.17, 15) is 4.79 Å². The van der Waals surface area contributed by atoms with Crippen molar-refractivity contribution in [3.63, 3.8) is 0 Å². The third kappa shape index (κ3) is 1.17. The first-order valence-electron chi connectivity index (χ1n) is 5.43. The second-order valence-electron chi connectivity index (χ2n) is 4.54. The second-order valence-corrected chi connectivity index (χ2v) is 4.54. The molecule has 0 atom stereocenters. The second kappa shape index (κ2) is 2.97. The van der Waals surface area contributed by atoms with Crippen molar-refractivity contribution in [3.8, 4) is 0 Å². The molecule has 0 radical (unpaired) electrons. The minimum atomic E-state index is 0.322. The predicted octanol–water partition coefficient (Wildman–Crippen LogP) is 3.25. The largest absolute Gasteiger partial charge is 0.295 e. The zero-order chi connectivity index (χ0) is 9.47. The minimum Gasteiger partial charge on any atom is -0.295 e. The molecule has 1 saturated carbocycles. The van der Waals surface area contributed by atoms with Crippen LogP contribution in [0.1, 0.15) is 52.4 Å². The maximum atomic E-state index is 11.7. The number of carbonyl (C=O) groups is 1. The van der Waals surface area contributed by atoms with Crippen LogP contribution < -0.4 is 0 Å². The predicted molar refractivity (Wildman–Crippen MR) is 53.5 cm³/mol. The van der Waals surface area contributed by atoms with Crippen LogP contribution in [0.25, 0.3) is 0 Å². The Bertz CT molecular complexity index is 267. The molecule has 0 aromatic rings. The van der Waals surface area contributed by atoms with Crippen molar-refractivity contribution in [2.24, 2.45) is 5.41 Å². The molecule has 1 spiro atoms. The summed E-state index contributed by atoms with van der Waals surface area (Å²) in [6, 6.07) is 0. The number of allylic oxidation sites excluding steroid dienone is 2. The molecule has 2 aliphatic carbocycles. The molecule has 2 rings (SSSR count). The fourth-order valence-corrected chi connectivity index (χ4v) is 3.14. The number of Topliss-reactive ketones (excluding diaryl/α,β-unsaturated/α-hetero) is 1. The van der Waals surface area contributed by atoms with Crippen LogP contribution in [0.2, 0.25) is 0 Å². The molecule has 2 aliphatic rings. The van der Waals surface area contributed by atoms with Gasteiger partial charge in [-0.25, -0.2) is 0 Å². The van der Waals surface area contributed by atoms with E-state index in [0.29, 0.717) is 11.2 Å². The molecular weight excluding hydrogens is 160 g/mol. The molecule has 1 fully saturated rings.